The number of aromatic nitrogens is 3. The van der Waals surface area contributed by atoms with E-state index in [-0.39, 0.29) is 19.8 Å². The molecular formula is C25H22Cl2N4O3. The van der Waals surface area contributed by atoms with Gasteiger partial charge in [-0.15, -0.1) is 5.10 Å². The zero-order chi connectivity index (χ0) is 23.8. The highest BCUT2D eigenvalue weighted by atomic mass is 35.5. The summed E-state index contributed by atoms with van der Waals surface area (Å²) in [7, 11) is 0. The van der Waals surface area contributed by atoms with Gasteiger partial charge in [-0.1, -0.05) is 94.2 Å². The van der Waals surface area contributed by atoms with Gasteiger partial charge in [0.1, 0.15) is 29.9 Å². The summed E-state index contributed by atoms with van der Waals surface area (Å²) >= 11 is 12.0. The second kappa shape index (κ2) is 11.7. The van der Waals surface area contributed by atoms with Crippen LogP contribution in [0.2, 0.25) is 10.0 Å². The second-order valence-electron chi connectivity index (χ2n) is 7.42. The molecule has 1 atom stereocenters. The third kappa shape index (κ3) is 6.57. The Morgan fingerprint density at radius 2 is 1.65 bits per heavy atom. The van der Waals surface area contributed by atoms with Crippen LogP contribution in [0.5, 0.6) is 5.75 Å². The van der Waals surface area contributed by atoms with Gasteiger partial charge in [-0.3, -0.25) is 0 Å². The first-order valence-electron chi connectivity index (χ1n) is 10.5. The molecule has 0 radical (unpaired) electrons. The van der Waals surface area contributed by atoms with Crippen LogP contribution in [0.25, 0.3) is 0 Å². The minimum Gasteiger partial charge on any atom is -0.489 e. The number of oxime groups is 1. The lowest BCUT2D eigenvalue weighted by Crippen LogP contribution is -2.24. The summed E-state index contributed by atoms with van der Waals surface area (Å²) in [5.41, 5.74) is 3.20. The van der Waals surface area contributed by atoms with Crippen LogP contribution < -0.4 is 4.74 Å². The molecule has 0 saturated carbocycles. The fraction of sp³-hybridized carbons (Fsp3) is 0.160. The lowest BCUT2D eigenvalue weighted by molar-refractivity contribution is 0.0888. The molecule has 0 amide bonds. The molecule has 9 heteroatoms. The van der Waals surface area contributed by atoms with E-state index in [1.807, 2.05) is 60.7 Å². The number of nitrogens with zero attached hydrogens (tertiary/aromatic N) is 4. The molecule has 1 N–H and O–H groups in total. The van der Waals surface area contributed by atoms with Crippen LogP contribution in [0.15, 0.2) is 90.2 Å². The van der Waals surface area contributed by atoms with E-state index in [0.717, 1.165) is 16.8 Å². The molecule has 1 heterocycles. The maximum Gasteiger partial charge on any atom is 0.162 e. The molecule has 34 heavy (non-hydrogen) atoms. The van der Waals surface area contributed by atoms with Crippen LogP contribution in [0, 0.1) is 0 Å². The average Bonchev–Trinajstić information content (AvgIpc) is 3.29. The second-order valence-corrected chi connectivity index (χ2v) is 8.26. The Bertz CT molecular complexity index is 1190. The number of rotatable bonds is 10. The van der Waals surface area contributed by atoms with Crippen molar-refractivity contribution >= 4 is 28.9 Å². The quantitative estimate of drug-likeness (QED) is 0.247. The molecule has 1 aromatic heterocycles. The first kappa shape index (κ1) is 23.8. The highest BCUT2D eigenvalue weighted by molar-refractivity contribution is 6.35. The van der Waals surface area contributed by atoms with Crippen molar-refractivity contribution in [2.24, 2.45) is 5.16 Å². The molecule has 0 saturated heterocycles. The highest BCUT2D eigenvalue weighted by Crippen LogP contribution is 2.27. The third-order valence-electron chi connectivity index (χ3n) is 4.77. The van der Waals surface area contributed by atoms with Crippen LogP contribution in [0.4, 0.5) is 0 Å². The van der Waals surface area contributed by atoms with Gasteiger partial charge >= 0.3 is 0 Å². The fourth-order valence-corrected chi connectivity index (χ4v) is 3.63. The van der Waals surface area contributed by atoms with Crippen molar-refractivity contribution in [2.45, 2.75) is 19.3 Å². The lowest BCUT2D eigenvalue weighted by atomic mass is 10.0. The molecule has 1 unspecified atom stereocenters. The Balaban J connectivity index is 1.33. The number of halogens is 2. The molecule has 174 valence electrons. The van der Waals surface area contributed by atoms with Gasteiger partial charge in [-0.05, 0) is 18.2 Å². The van der Waals surface area contributed by atoms with E-state index in [9.17, 15) is 5.11 Å². The Morgan fingerprint density at radius 3 is 2.29 bits per heavy atom. The zero-order valence-corrected chi connectivity index (χ0v) is 19.6. The van der Waals surface area contributed by atoms with E-state index in [0.29, 0.717) is 21.5 Å². The SMILES string of the molecule is OC(COc1ccc(Cl)cc1Cl)Cn1cc(CON=C(c2ccccc2)c2ccccc2)nn1. The fourth-order valence-electron chi connectivity index (χ4n) is 3.17. The molecule has 3 aromatic carbocycles. The van der Waals surface area contributed by atoms with E-state index < -0.39 is 6.10 Å². The van der Waals surface area contributed by atoms with Crippen LogP contribution >= 0.6 is 23.2 Å². The topological polar surface area (TPSA) is 81.8 Å². The Kier molecular flexibility index (Phi) is 8.14. The van der Waals surface area contributed by atoms with Gasteiger partial charge in [-0.2, -0.15) is 0 Å². The standard InChI is InChI=1S/C25H22Cl2N4O3/c26-20-11-12-24(23(27)13-20)33-17-22(32)15-31-14-21(28-30-31)16-34-29-25(18-7-3-1-4-8-18)19-9-5-2-6-10-19/h1-14,22,32H,15-17H2. The lowest BCUT2D eigenvalue weighted by Gasteiger charge is -2.13. The van der Waals surface area contributed by atoms with Gasteiger partial charge < -0.3 is 14.7 Å². The molecule has 0 aliphatic carbocycles. The molecule has 0 aliphatic rings. The smallest absolute Gasteiger partial charge is 0.162 e. The Morgan fingerprint density at radius 1 is 0.971 bits per heavy atom. The van der Waals surface area contributed by atoms with Crippen molar-refractivity contribution in [1.82, 2.24) is 15.0 Å². The number of ether oxygens (including phenoxy) is 1. The average molecular weight is 497 g/mol. The summed E-state index contributed by atoms with van der Waals surface area (Å²) in [6.07, 6.45) is 0.877. The van der Waals surface area contributed by atoms with Crippen molar-refractivity contribution in [3.05, 3.63) is 112 Å². The molecule has 0 aliphatic heterocycles. The van der Waals surface area contributed by atoms with Gasteiger partial charge in [0.2, 0.25) is 0 Å². The molecule has 4 aromatic rings. The monoisotopic (exact) mass is 496 g/mol. The van der Waals surface area contributed by atoms with Crippen LogP contribution in [0.3, 0.4) is 0 Å². The van der Waals surface area contributed by atoms with Crippen molar-refractivity contribution in [1.29, 1.82) is 0 Å². The number of hydrogen-bond acceptors (Lipinski definition) is 6. The van der Waals surface area contributed by atoms with E-state index in [4.69, 9.17) is 32.8 Å². The number of hydrogen-bond donors (Lipinski definition) is 1. The maximum absolute atomic E-state index is 10.3. The van der Waals surface area contributed by atoms with E-state index in [1.165, 1.54) is 4.68 Å². The van der Waals surface area contributed by atoms with E-state index in [2.05, 4.69) is 15.5 Å². The molecule has 0 bridgehead atoms. The number of aliphatic hydroxyl groups excluding tert-OH is 1. The minimum absolute atomic E-state index is 0.0366. The van der Waals surface area contributed by atoms with Crippen LogP contribution in [-0.4, -0.2) is 38.5 Å². The van der Waals surface area contributed by atoms with Gasteiger partial charge in [0, 0.05) is 16.1 Å². The maximum atomic E-state index is 10.3. The molecule has 0 fully saturated rings. The molecule has 0 spiro atoms. The molecular weight excluding hydrogens is 475 g/mol. The summed E-state index contributed by atoms with van der Waals surface area (Å²) in [6.45, 7) is 0.367. The predicted octanol–water partition coefficient (Wildman–Crippen LogP) is 4.99. The normalized spacial score (nSPS) is 11.6. The minimum atomic E-state index is -0.817. The highest BCUT2D eigenvalue weighted by Gasteiger charge is 2.12. The van der Waals surface area contributed by atoms with E-state index >= 15 is 0 Å². The predicted molar refractivity (Wildman–Crippen MR) is 131 cm³/mol. The van der Waals surface area contributed by atoms with Crippen LogP contribution in [-0.2, 0) is 18.0 Å². The summed E-state index contributed by atoms with van der Waals surface area (Å²) in [5.74, 6) is 0.447. The first-order chi connectivity index (χ1) is 16.6. The largest absolute Gasteiger partial charge is 0.489 e. The third-order valence-corrected chi connectivity index (χ3v) is 5.30. The van der Waals surface area contributed by atoms with Gasteiger partial charge in [0.25, 0.3) is 0 Å². The van der Waals surface area contributed by atoms with Gasteiger partial charge in [-0.25, -0.2) is 4.68 Å². The van der Waals surface area contributed by atoms with E-state index in [1.54, 1.807) is 24.4 Å². The molecule has 7 nitrogen and oxygen atoms in total. The number of benzene rings is 3. The summed E-state index contributed by atoms with van der Waals surface area (Å²) < 4.78 is 7.09. The van der Waals surface area contributed by atoms with Crippen molar-refractivity contribution in [3.8, 4) is 5.75 Å². The first-order valence-corrected chi connectivity index (χ1v) is 11.3. The Labute approximate surface area is 207 Å². The molecule has 4 rings (SSSR count). The van der Waals surface area contributed by atoms with Crippen molar-refractivity contribution in [2.75, 3.05) is 6.61 Å². The summed E-state index contributed by atoms with van der Waals surface area (Å²) in [5, 5.41) is 23.7. The summed E-state index contributed by atoms with van der Waals surface area (Å²) in [6, 6.07) is 24.5. The number of aliphatic hydroxyl groups is 1. The Hall–Kier alpha value is -3.39. The van der Waals surface area contributed by atoms with Crippen LogP contribution in [0.1, 0.15) is 16.8 Å². The van der Waals surface area contributed by atoms with Gasteiger partial charge in [0.15, 0.2) is 6.61 Å². The van der Waals surface area contributed by atoms with Crippen molar-refractivity contribution < 1.29 is 14.7 Å². The van der Waals surface area contributed by atoms with Gasteiger partial charge in [0.05, 0.1) is 17.8 Å². The summed E-state index contributed by atoms with van der Waals surface area (Å²) in [4.78, 5) is 5.60. The zero-order valence-electron chi connectivity index (χ0n) is 18.1. The van der Waals surface area contributed by atoms with Crippen molar-refractivity contribution in [3.63, 3.8) is 0 Å².